The van der Waals surface area contributed by atoms with E-state index in [9.17, 15) is 4.79 Å². The lowest BCUT2D eigenvalue weighted by atomic mass is 9.95. The SMILES string of the molecule is CC[C@@](C)(CCO)NC(=O)NC1CCN(c2ccc(C#N)cc2)CC1. The van der Waals surface area contributed by atoms with Crippen LogP contribution in [0.5, 0.6) is 0 Å². The highest BCUT2D eigenvalue weighted by atomic mass is 16.3. The lowest BCUT2D eigenvalue weighted by Gasteiger charge is -2.35. The van der Waals surface area contributed by atoms with Crippen molar-refractivity contribution in [1.29, 1.82) is 5.26 Å². The zero-order chi connectivity index (χ0) is 18.3. The Morgan fingerprint density at radius 2 is 2.00 bits per heavy atom. The van der Waals surface area contributed by atoms with Crippen molar-refractivity contribution in [3.05, 3.63) is 29.8 Å². The van der Waals surface area contributed by atoms with Gasteiger partial charge in [0.25, 0.3) is 0 Å². The van der Waals surface area contributed by atoms with Crippen LogP contribution in [0.25, 0.3) is 0 Å². The number of benzene rings is 1. The van der Waals surface area contributed by atoms with Gasteiger partial charge in [-0.1, -0.05) is 6.92 Å². The summed E-state index contributed by atoms with van der Waals surface area (Å²) in [5.41, 5.74) is 1.41. The molecule has 0 saturated carbocycles. The molecule has 1 heterocycles. The highest BCUT2D eigenvalue weighted by Crippen LogP contribution is 2.20. The van der Waals surface area contributed by atoms with Crippen LogP contribution in [0.2, 0.25) is 0 Å². The van der Waals surface area contributed by atoms with Crippen molar-refractivity contribution in [2.45, 2.75) is 51.1 Å². The number of carbonyl (C=O) groups excluding carboxylic acids is 1. The van der Waals surface area contributed by atoms with Crippen molar-refractivity contribution in [2.24, 2.45) is 0 Å². The molecule has 1 atom stereocenters. The second-order valence-corrected chi connectivity index (χ2v) is 6.91. The third kappa shape index (κ3) is 5.36. The molecule has 1 fully saturated rings. The van der Waals surface area contributed by atoms with Gasteiger partial charge in [-0.15, -0.1) is 0 Å². The number of anilines is 1. The first-order chi connectivity index (χ1) is 12.0. The Labute approximate surface area is 149 Å². The van der Waals surface area contributed by atoms with Crippen LogP contribution in [0.4, 0.5) is 10.5 Å². The van der Waals surface area contributed by atoms with Crippen LogP contribution in [0.1, 0.15) is 45.1 Å². The normalized spacial score (nSPS) is 17.4. The third-order valence-corrected chi connectivity index (χ3v) is 5.05. The first-order valence-corrected chi connectivity index (χ1v) is 8.94. The van der Waals surface area contributed by atoms with Gasteiger partial charge in [0.2, 0.25) is 0 Å². The zero-order valence-electron chi connectivity index (χ0n) is 15.1. The Kier molecular flexibility index (Phi) is 6.65. The molecule has 1 aromatic rings. The molecule has 1 saturated heterocycles. The van der Waals surface area contributed by atoms with Crippen molar-refractivity contribution in [3.8, 4) is 6.07 Å². The summed E-state index contributed by atoms with van der Waals surface area (Å²) in [6, 6.07) is 9.74. The minimum absolute atomic E-state index is 0.0631. The van der Waals surface area contributed by atoms with Gasteiger partial charge < -0.3 is 20.6 Å². The average Bonchev–Trinajstić information content (AvgIpc) is 2.62. The summed E-state index contributed by atoms with van der Waals surface area (Å²) in [5.74, 6) is 0. The molecule has 2 amide bonds. The molecule has 2 rings (SSSR count). The molecular weight excluding hydrogens is 316 g/mol. The van der Waals surface area contributed by atoms with E-state index in [4.69, 9.17) is 10.4 Å². The molecule has 3 N–H and O–H groups in total. The van der Waals surface area contributed by atoms with Crippen LogP contribution in [-0.2, 0) is 0 Å². The Morgan fingerprint density at radius 3 is 2.52 bits per heavy atom. The predicted octanol–water partition coefficient (Wildman–Crippen LogP) is 2.38. The van der Waals surface area contributed by atoms with Crippen LogP contribution in [0.15, 0.2) is 24.3 Å². The zero-order valence-corrected chi connectivity index (χ0v) is 15.1. The molecule has 0 radical (unpaired) electrons. The van der Waals surface area contributed by atoms with Crippen LogP contribution in [-0.4, -0.2) is 42.4 Å². The van der Waals surface area contributed by atoms with E-state index < -0.39 is 0 Å². The average molecular weight is 344 g/mol. The topological polar surface area (TPSA) is 88.4 Å². The van der Waals surface area contributed by atoms with Gasteiger partial charge in [-0.2, -0.15) is 5.26 Å². The summed E-state index contributed by atoms with van der Waals surface area (Å²) >= 11 is 0. The smallest absolute Gasteiger partial charge is 0.315 e. The van der Waals surface area contributed by atoms with Gasteiger partial charge in [0, 0.05) is 37.0 Å². The first kappa shape index (κ1) is 19.1. The van der Waals surface area contributed by atoms with E-state index in [0.29, 0.717) is 12.0 Å². The summed E-state index contributed by atoms with van der Waals surface area (Å²) in [4.78, 5) is 14.5. The Bertz CT molecular complexity index is 603. The van der Waals surface area contributed by atoms with Gasteiger partial charge in [-0.05, 0) is 56.9 Å². The van der Waals surface area contributed by atoms with Gasteiger partial charge in [0.1, 0.15) is 0 Å². The number of urea groups is 1. The second kappa shape index (κ2) is 8.72. The van der Waals surface area contributed by atoms with E-state index in [1.807, 2.05) is 38.1 Å². The number of nitriles is 1. The fraction of sp³-hybridized carbons (Fsp3) is 0.579. The standard InChI is InChI=1S/C19H28N4O2/c1-3-19(2,10-13-24)22-18(25)21-16-8-11-23(12-9-16)17-6-4-15(14-20)5-7-17/h4-7,16,24H,3,8-13H2,1-2H3,(H2,21,22,25)/t19-/m0/s1. The van der Waals surface area contributed by atoms with Crippen LogP contribution >= 0.6 is 0 Å². The Hall–Kier alpha value is -2.26. The lowest BCUT2D eigenvalue weighted by molar-refractivity contribution is 0.197. The highest BCUT2D eigenvalue weighted by Gasteiger charge is 2.26. The highest BCUT2D eigenvalue weighted by molar-refractivity contribution is 5.75. The fourth-order valence-electron chi connectivity index (χ4n) is 3.10. The summed E-state index contributed by atoms with van der Waals surface area (Å²) in [6.45, 7) is 5.77. The Morgan fingerprint density at radius 1 is 1.36 bits per heavy atom. The largest absolute Gasteiger partial charge is 0.396 e. The van der Waals surface area contributed by atoms with Gasteiger partial charge in [0.05, 0.1) is 11.6 Å². The number of hydrogen-bond donors (Lipinski definition) is 3. The van der Waals surface area contributed by atoms with Crippen molar-refractivity contribution in [1.82, 2.24) is 10.6 Å². The van der Waals surface area contributed by atoms with E-state index in [0.717, 1.165) is 38.0 Å². The number of hydrogen-bond acceptors (Lipinski definition) is 4. The van der Waals surface area contributed by atoms with E-state index >= 15 is 0 Å². The monoisotopic (exact) mass is 344 g/mol. The summed E-state index contributed by atoms with van der Waals surface area (Å²) in [6.07, 6.45) is 3.10. The number of carbonyl (C=O) groups is 1. The molecule has 1 aromatic carbocycles. The van der Waals surface area contributed by atoms with Crippen molar-refractivity contribution < 1.29 is 9.90 Å². The molecule has 1 aliphatic heterocycles. The number of nitrogens with one attached hydrogen (secondary N) is 2. The maximum Gasteiger partial charge on any atom is 0.315 e. The lowest BCUT2D eigenvalue weighted by Crippen LogP contribution is -2.54. The van der Waals surface area contributed by atoms with Crippen LogP contribution in [0.3, 0.4) is 0 Å². The summed E-state index contributed by atoms with van der Waals surface area (Å²) in [7, 11) is 0. The molecular formula is C19H28N4O2. The van der Waals surface area contributed by atoms with Crippen LogP contribution in [0, 0.1) is 11.3 Å². The van der Waals surface area contributed by atoms with E-state index in [1.165, 1.54) is 0 Å². The number of rotatable bonds is 6. The van der Waals surface area contributed by atoms with Crippen LogP contribution < -0.4 is 15.5 Å². The van der Waals surface area contributed by atoms with E-state index in [1.54, 1.807) is 0 Å². The van der Waals surface area contributed by atoms with E-state index in [2.05, 4.69) is 21.6 Å². The molecule has 0 aliphatic carbocycles. The minimum Gasteiger partial charge on any atom is -0.396 e. The Balaban J connectivity index is 1.81. The summed E-state index contributed by atoms with van der Waals surface area (Å²) in [5, 5.41) is 24.1. The van der Waals surface area contributed by atoms with Gasteiger partial charge in [-0.25, -0.2) is 4.79 Å². The summed E-state index contributed by atoms with van der Waals surface area (Å²) < 4.78 is 0. The molecule has 6 heteroatoms. The van der Waals surface area contributed by atoms with Crippen molar-refractivity contribution >= 4 is 11.7 Å². The maximum absolute atomic E-state index is 12.2. The molecule has 0 aromatic heterocycles. The maximum atomic E-state index is 12.2. The number of aliphatic hydroxyl groups is 1. The molecule has 6 nitrogen and oxygen atoms in total. The quantitative estimate of drug-likeness (QED) is 0.739. The van der Waals surface area contributed by atoms with E-state index in [-0.39, 0.29) is 24.2 Å². The predicted molar refractivity (Wildman–Crippen MR) is 98.5 cm³/mol. The molecule has 136 valence electrons. The first-order valence-electron chi connectivity index (χ1n) is 8.94. The molecule has 25 heavy (non-hydrogen) atoms. The molecule has 0 bridgehead atoms. The fourth-order valence-corrected chi connectivity index (χ4v) is 3.10. The minimum atomic E-state index is -0.373. The van der Waals surface area contributed by atoms with Crippen molar-refractivity contribution in [3.63, 3.8) is 0 Å². The molecule has 0 unspecified atom stereocenters. The molecule has 0 spiro atoms. The van der Waals surface area contributed by atoms with Crippen molar-refractivity contribution in [2.75, 3.05) is 24.6 Å². The number of amides is 2. The second-order valence-electron chi connectivity index (χ2n) is 6.91. The number of aliphatic hydroxyl groups excluding tert-OH is 1. The number of piperidine rings is 1. The van der Waals surface area contributed by atoms with Gasteiger partial charge in [0.15, 0.2) is 0 Å². The van der Waals surface area contributed by atoms with Gasteiger partial charge in [-0.3, -0.25) is 0 Å². The van der Waals surface area contributed by atoms with Gasteiger partial charge >= 0.3 is 6.03 Å². The molecule has 1 aliphatic rings. The number of nitrogens with zero attached hydrogens (tertiary/aromatic N) is 2. The third-order valence-electron chi connectivity index (χ3n) is 5.05.